The van der Waals surface area contributed by atoms with Crippen LogP contribution in [-0.2, 0) is 6.42 Å². The lowest BCUT2D eigenvalue weighted by atomic mass is 10.1. The van der Waals surface area contributed by atoms with Gasteiger partial charge in [0.2, 0.25) is 0 Å². The molecule has 0 radical (unpaired) electrons. The van der Waals surface area contributed by atoms with Crippen LogP contribution in [0, 0.1) is 11.6 Å². The maximum Gasteiger partial charge on any atom is 0.130 e. The molecule has 18 heavy (non-hydrogen) atoms. The summed E-state index contributed by atoms with van der Waals surface area (Å²) in [7, 11) is 0. The second kappa shape index (κ2) is 5.60. The summed E-state index contributed by atoms with van der Waals surface area (Å²) in [5.41, 5.74) is 6.20. The standard InChI is InChI=1S/C14H13F2NO/c15-11-1-3-13(4-2-11)18-14-8-10(5-6-17)7-12(16)9-14/h1-4,7-9H,5-6,17H2. The van der Waals surface area contributed by atoms with E-state index in [0.29, 0.717) is 24.5 Å². The largest absolute Gasteiger partial charge is 0.457 e. The monoisotopic (exact) mass is 249 g/mol. The number of halogens is 2. The maximum atomic E-state index is 13.3. The highest BCUT2D eigenvalue weighted by Gasteiger charge is 2.03. The first-order chi connectivity index (χ1) is 8.67. The van der Waals surface area contributed by atoms with Crippen LogP contribution in [0.5, 0.6) is 11.5 Å². The van der Waals surface area contributed by atoms with Gasteiger partial charge in [0, 0.05) is 6.07 Å². The Balaban J connectivity index is 2.20. The van der Waals surface area contributed by atoms with Gasteiger partial charge in [0.25, 0.3) is 0 Å². The molecule has 4 heteroatoms. The zero-order valence-corrected chi connectivity index (χ0v) is 9.70. The SMILES string of the molecule is NCCc1cc(F)cc(Oc2ccc(F)cc2)c1. The number of hydrogen-bond donors (Lipinski definition) is 1. The van der Waals surface area contributed by atoms with Crippen molar-refractivity contribution in [1.29, 1.82) is 0 Å². The van der Waals surface area contributed by atoms with Gasteiger partial charge in [0.15, 0.2) is 0 Å². The molecule has 0 bridgehead atoms. The van der Waals surface area contributed by atoms with Crippen LogP contribution >= 0.6 is 0 Å². The third-order valence-corrected chi connectivity index (χ3v) is 2.41. The van der Waals surface area contributed by atoms with Crippen molar-refractivity contribution >= 4 is 0 Å². The lowest BCUT2D eigenvalue weighted by Gasteiger charge is -2.08. The molecule has 0 amide bonds. The van der Waals surface area contributed by atoms with Crippen molar-refractivity contribution in [2.24, 2.45) is 5.73 Å². The second-order valence-electron chi connectivity index (χ2n) is 3.89. The van der Waals surface area contributed by atoms with Crippen molar-refractivity contribution < 1.29 is 13.5 Å². The average Bonchev–Trinajstić information content (AvgIpc) is 2.32. The fourth-order valence-electron chi connectivity index (χ4n) is 1.63. The molecular weight excluding hydrogens is 236 g/mol. The van der Waals surface area contributed by atoms with Crippen molar-refractivity contribution in [2.75, 3.05) is 6.54 Å². The summed E-state index contributed by atoms with van der Waals surface area (Å²) in [6.45, 7) is 0.444. The van der Waals surface area contributed by atoms with Crippen LogP contribution in [0.25, 0.3) is 0 Å². The average molecular weight is 249 g/mol. The molecule has 2 rings (SSSR count). The molecule has 0 aliphatic heterocycles. The highest BCUT2D eigenvalue weighted by Crippen LogP contribution is 2.24. The zero-order valence-electron chi connectivity index (χ0n) is 9.70. The van der Waals surface area contributed by atoms with Gasteiger partial charge in [-0.3, -0.25) is 0 Å². The summed E-state index contributed by atoms with van der Waals surface area (Å²) in [5, 5.41) is 0. The van der Waals surface area contributed by atoms with Crippen LogP contribution < -0.4 is 10.5 Å². The molecule has 0 aliphatic rings. The lowest BCUT2D eigenvalue weighted by molar-refractivity contribution is 0.474. The predicted octanol–water partition coefficient (Wildman–Crippen LogP) is 3.26. The minimum Gasteiger partial charge on any atom is -0.457 e. The Labute approximate surface area is 104 Å². The Bertz CT molecular complexity index is 526. The first-order valence-corrected chi connectivity index (χ1v) is 5.60. The van der Waals surface area contributed by atoms with Crippen molar-refractivity contribution in [1.82, 2.24) is 0 Å². The van der Waals surface area contributed by atoms with E-state index in [1.165, 1.54) is 36.4 Å². The van der Waals surface area contributed by atoms with Gasteiger partial charge < -0.3 is 10.5 Å². The van der Waals surface area contributed by atoms with E-state index < -0.39 is 0 Å². The Hall–Kier alpha value is -1.94. The van der Waals surface area contributed by atoms with Crippen LogP contribution in [0.15, 0.2) is 42.5 Å². The van der Waals surface area contributed by atoms with Crippen LogP contribution in [0.3, 0.4) is 0 Å². The van der Waals surface area contributed by atoms with Crippen LogP contribution in [0.2, 0.25) is 0 Å². The summed E-state index contributed by atoms with van der Waals surface area (Å²) >= 11 is 0. The summed E-state index contributed by atoms with van der Waals surface area (Å²) in [4.78, 5) is 0. The third-order valence-electron chi connectivity index (χ3n) is 2.41. The summed E-state index contributed by atoms with van der Waals surface area (Å²) in [5.74, 6) is 0.120. The van der Waals surface area contributed by atoms with E-state index in [9.17, 15) is 8.78 Å². The molecular formula is C14H13F2NO. The Morgan fingerprint density at radius 2 is 1.61 bits per heavy atom. The van der Waals surface area contributed by atoms with Gasteiger partial charge in [-0.2, -0.15) is 0 Å². The predicted molar refractivity (Wildman–Crippen MR) is 65.6 cm³/mol. The normalized spacial score (nSPS) is 10.4. The van der Waals surface area contributed by atoms with Crippen LogP contribution in [0.4, 0.5) is 8.78 Å². The third kappa shape index (κ3) is 3.28. The number of hydrogen-bond acceptors (Lipinski definition) is 2. The Morgan fingerprint density at radius 3 is 2.28 bits per heavy atom. The number of benzene rings is 2. The van der Waals surface area contributed by atoms with E-state index in [0.717, 1.165) is 5.56 Å². The van der Waals surface area contributed by atoms with E-state index in [1.54, 1.807) is 6.07 Å². The minimum absolute atomic E-state index is 0.342. The Kier molecular flexibility index (Phi) is 3.89. The molecule has 0 aromatic heterocycles. The van der Waals surface area contributed by atoms with Gasteiger partial charge in [-0.25, -0.2) is 8.78 Å². The van der Waals surface area contributed by atoms with Crippen LogP contribution in [0.1, 0.15) is 5.56 Å². The van der Waals surface area contributed by atoms with E-state index in [2.05, 4.69) is 0 Å². The van der Waals surface area contributed by atoms with E-state index >= 15 is 0 Å². The van der Waals surface area contributed by atoms with Crippen LogP contribution in [-0.4, -0.2) is 6.54 Å². The molecule has 2 N–H and O–H groups in total. The zero-order chi connectivity index (χ0) is 13.0. The smallest absolute Gasteiger partial charge is 0.130 e. The molecule has 0 heterocycles. The number of nitrogens with two attached hydrogens (primary N) is 1. The van der Waals surface area contributed by atoms with Crippen molar-refractivity contribution in [3.8, 4) is 11.5 Å². The highest BCUT2D eigenvalue weighted by molar-refractivity contribution is 5.34. The first kappa shape index (κ1) is 12.5. The Morgan fingerprint density at radius 1 is 0.889 bits per heavy atom. The summed E-state index contributed by atoms with van der Waals surface area (Å²) < 4.78 is 31.5. The summed E-state index contributed by atoms with van der Waals surface area (Å²) in [6, 6.07) is 9.98. The van der Waals surface area contributed by atoms with Crippen molar-refractivity contribution in [3.63, 3.8) is 0 Å². The fraction of sp³-hybridized carbons (Fsp3) is 0.143. The molecule has 0 unspecified atom stereocenters. The molecule has 0 aliphatic carbocycles. The molecule has 0 spiro atoms. The van der Waals surface area contributed by atoms with Gasteiger partial charge in [0.05, 0.1) is 0 Å². The van der Waals surface area contributed by atoms with Crippen molar-refractivity contribution in [3.05, 3.63) is 59.7 Å². The second-order valence-corrected chi connectivity index (χ2v) is 3.89. The van der Waals surface area contributed by atoms with Crippen molar-refractivity contribution in [2.45, 2.75) is 6.42 Å². The summed E-state index contributed by atoms with van der Waals surface area (Å²) in [6.07, 6.45) is 0.581. The minimum atomic E-state index is -0.377. The quantitative estimate of drug-likeness (QED) is 0.902. The van der Waals surface area contributed by atoms with Gasteiger partial charge in [-0.05, 0) is 54.9 Å². The maximum absolute atomic E-state index is 13.3. The topological polar surface area (TPSA) is 35.2 Å². The number of ether oxygens (including phenoxy) is 1. The molecule has 0 atom stereocenters. The molecule has 0 fully saturated rings. The highest BCUT2D eigenvalue weighted by atomic mass is 19.1. The molecule has 2 nitrogen and oxygen atoms in total. The fourth-order valence-corrected chi connectivity index (χ4v) is 1.63. The van der Waals surface area contributed by atoms with Gasteiger partial charge >= 0.3 is 0 Å². The molecule has 2 aromatic rings. The van der Waals surface area contributed by atoms with E-state index in [1.807, 2.05) is 0 Å². The molecule has 0 saturated heterocycles. The first-order valence-electron chi connectivity index (χ1n) is 5.60. The number of rotatable bonds is 4. The van der Waals surface area contributed by atoms with Gasteiger partial charge in [0.1, 0.15) is 23.1 Å². The lowest BCUT2D eigenvalue weighted by Crippen LogP contribution is -2.03. The van der Waals surface area contributed by atoms with E-state index in [-0.39, 0.29) is 11.6 Å². The molecule has 2 aromatic carbocycles. The van der Waals surface area contributed by atoms with Gasteiger partial charge in [-0.1, -0.05) is 0 Å². The van der Waals surface area contributed by atoms with Gasteiger partial charge in [-0.15, -0.1) is 0 Å². The van der Waals surface area contributed by atoms with E-state index in [4.69, 9.17) is 10.5 Å². The molecule has 0 saturated carbocycles. The molecule has 94 valence electrons.